The summed E-state index contributed by atoms with van der Waals surface area (Å²) in [6.45, 7) is 4.97. The molecule has 1 aromatic carbocycles. The summed E-state index contributed by atoms with van der Waals surface area (Å²) < 4.78 is 5.32. The summed E-state index contributed by atoms with van der Waals surface area (Å²) in [7, 11) is 1.61. The molecule has 1 fully saturated rings. The number of ether oxygens (including phenoxy) is 1. The fraction of sp³-hybridized carbons (Fsp3) is 0.333. The van der Waals surface area contributed by atoms with Crippen LogP contribution in [0.4, 0.5) is 16.3 Å². The number of methoxy groups -OCH3 is 1. The third-order valence-corrected chi connectivity index (χ3v) is 4.20. The van der Waals surface area contributed by atoms with Gasteiger partial charge in [-0.25, -0.2) is 9.78 Å². The number of piperazine rings is 1. The molecular weight excluding hydrogens is 304 g/mol. The highest BCUT2D eigenvalue weighted by molar-refractivity contribution is 5.91. The Morgan fingerprint density at radius 2 is 1.96 bits per heavy atom. The fourth-order valence-electron chi connectivity index (χ4n) is 2.84. The van der Waals surface area contributed by atoms with E-state index < -0.39 is 0 Å². The molecule has 24 heavy (non-hydrogen) atoms. The monoisotopic (exact) mass is 327 g/mol. The van der Waals surface area contributed by atoms with Gasteiger partial charge in [0.1, 0.15) is 18.8 Å². The molecular formula is C18H23N4O2+. The number of hydrogen-bond acceptors (Lipinski definition) is 3. The van der Waals surface area contributed by atoms with Crippen molar-refractivity contribution in [3.8, 4) is 5.75 Å². The van der Waals surface area contributed by atoms with Crippen molar-refractivity contribution in [2.45, 2.75) is 6.92 Å². The van der Waals surface area contributed by atoms with Crippen LogP contribution in [-0.4, -0.2) is 44.2 Å². The summed E-state index contributed by atoms with van der Waals surface area (Å²) in [4.78, 5) is 19.8. The maximum Gasteiger partial charge on any atom is 0.322 e. The molecule has 0 spiro atoms. The number of urea groups is 1. The van der Waals surface area contributed by atoms with Gasteiger partial charge in [0.25, 0.3) is 5.82 Å². The zero-order chi connectivity index (χ0) is 16.9. The second-order valence-electron chi connectivity index (χ2n) is 5.86. The molecule has 2 amide bonds. The molecule has 2 heterocycles. The fourth-order valence-corrected chi connectivity index (χ4v) is 2.84. The number of aryl methyl sites for hydroxylation is 1. The van der Waals surface area contributed by atoms with Crippen molar-refractivity contribution in [2.24, 2.45) is 0 Å². The minimum absolute atomic E-state index is 0.0874. The summed E-state index contributed by atoms with van der Waals surface area (Å²) in [5, 5.41) is 2.96. The predicted octanol–water partition coefficient (Wildman–Crippen LogP) is 2.17. The lowest BCUT2D eigenvalue weighted by Gasteiger charge is -2.31. The van der Waals surface area contributed by atoms with Crippen molar-refractivity contribution in [1.29, 1.82) is 0 Å². The Bertz CT molecular complexity index is 697. The third-order valence-electron chi connectivity index (χ3n) is 4.20. The highest BCUT2D eigenvalue weighted by Gasteiger charge is 2.26. The van der Waals surface area contributed by atoms with E-state index in [1.807, 2.05) is 54.4 Å². The molecule has 0 saturated carbocycles. The normalized spacial score (nSPS) is 14.4. The van der Waals surface area contributed by atoms with Gasteiger partial charge in [0.15, 0.2) is 0 Å². The number of pyridine rings is 1. The van der Waals surface area contributed by atoms with Crippen LogP contribution in [0.15, 0.2) is 42.6 Å². The summed E-state index contributed by atoms with van der Waals surface area (Å²) in [6.07, 6.45) is 1.92. The first-order valence-electron chi connectivity index (χ1n) is 8.09. The second-order valence-corrected chi connectivity index (χ2v) is 5.86. The number of nitrogens with zero attached hydrogens (tertiary/aromatic N) is 2. The van der Waals surface area contributed by atoms with Gasteiger partial charge in [0.2, 0.25) is 0 Å². The SMILES string of the molecule is COc1ccc(C)cc1NC(=O)N1CCN(c2cccc[nH+]2)CC1. The van der Waals surface area contributed by atoms with E-state index in [4.69, 9.17) is 4.74 Å². The quantitative estimate of drug-likeness (QED) is 0.940. The Morgan fingerprint density at radius 3 is 2.62 bits per heavy atom. The predicted molar refractivity (Wildman–Crippen MR) is 93.5 cm³/mol. The Hall–Kier alpha value is -2.76. The molecule has 0 radical (unpaired) electrons. The number of rotatable bonds is 3. The van der Waals surface area contributed by atoms with Crippen LogP contribution in [0.2, 0.25) is 0 Å². The molecule has 1 saturated heterocycles. The Kier molecular flexibility index (Phi) is 4.84. The number of H-pyrrole nitrogens is 1. The summed E-state index contributed by atoms with van der Waals surface area (Å²) in [5.41, 5.74) is 1.79. The van der Waals surface area contributed by atoms with Gasteiger partial charge in [-0.15, -0.1) is 0 Å². The molecule has 3 rings (SSSR count). The molecule has 0 aliphatic carbocycles. The van der Waals surface area contributed by atoms with Crippen molar-refractivity contribution < 1.29 is 14.5 Å². The number of nitrogens with one attached hydrogen (secondary N) is 2. The van der Waals surface area contributed by atoms with Crippen LogP contribution in [-0.2, 0) is 0 Å². The number of aromatic nitrogens is 1. The molecule has 126 valence electrons. The van der Waals surface area contributed by atoms with Crippen LogP contribution in [0, 0.1) is 6.92 Å². The molecule has 6 nitrogen and oxygen atoms in total. The molecule has 2 aromatic rings. The van der Waals surface area contributed by atoms with Crippen molar-refractivity contribution in [3.63, 3.8) is 0 Å². The van der Waals surface area contributed by atoms with Gasteiger partial charge in [0.05, 0.1) is 32.1 Å². The van der Waals surface area contributed by atoms with Crippen molar-refractivity contribution in [3.05, 3.63) is 48.2 Å². The summed E-state index contributed by atoms with van der Waals surface area (Å²) >= 11 is 0. The third kappa shape index (κ3) is 3.59. The van der Waals surface area contributed by atoms with Crippen LogP contribution >= 0.6 is 0 Å². The zero-order valence-electron chi connectivity index (χ0n) is 14.1. The molecule has 6 heteroatoms. The molecule has 1 aliphatic rings. The lowest BCUT2D eigenvalue weighted by atomic mass is 10.2. The van der Waals surface area contributed by atoms with Gasteiger partial charge in [-0.3, -0.25) is 4.90 Å². The Balaban J connectivity index is 1.61. The summed E-state index contributed by atoms with van der Waals surface area (Å²) in [6, 6.07) is 11.7. The molecule has 0 unspecified atom stereocenters. The maximum absolute atomic E-state index is 12.5. The first-order chi connectivity index (χ1) is 11.7. The highest BCUT2D eigenvalue weighted by atomic mass is 16.5. The van der Waals surface area contributed by atoms with Gasteiger partial charge < -0.3 is 15.0 Å². The van der Waals surface area contributed by atoms with E-state index in [0.29, 0.717) is 24.5 Å². The number of anilines is 2. The first-order valence-corrected chi connectivity index (χ1v) is 8.09. The van der Waals surface area contributed by atoms with Crippen LogP contribution in [0.25, 0.3) is 0 Å². The van der Waals surface area contributed by atoms with E-state index in [-0.39, 0.29) is 6.03 Å². The van der Waals surface area contributed by atoms with E-state index in [1.165, 1.54) is 0 Å². The van der Waals surface area contributed by atoms with Crippen LogP contribution in [0.3, 0.4) is 0 Å². The number of benzene rings is 1. The molecule has 0 bridgehead atoms. The van der Waals surface area contributed by atoms with Crippen LogP contribution < -0.4 is 19.9 Å². The average Bonchev–Trinajstić information content (AvgIpc) is 2.63. The van der Waals surface area contributed by atoms with E-state index in [1.54, 1.807) is 7.11 Å². The van der Waals surface area contributed by atoms with Gasteiger partial charge in [-0.05, 0) is 30.7 Å². The van der Waals surface area contributed by atoms with E-state index in [2.05, 4.69) is 15.2 Å². The minimum atomic E-state index is -0.0874. The van der Waals surface area contributed by atoms with Gasteiger partial charge in [-0.2, -0.15) is 0 Å². The molecule has 1 aliphatic heterocycles. The van der Waals surface area contributed by atoms with Crippen molar-refractivity contribution in [1.82, 2.24) is 4.90 Å². The standard InChI is InChI=1S/C18H22N4O2/c1-14-6-7-16(24-2)15(13-14)20-18(23)22-11-9-21(10-12-22)17-5-3-4-8-19-17/h3-8,13H,9-12H2,1-2H3,(H,20,23)/p+1. The topological polar surface area (TPSA) is 59.0 Å². The van der Waals surface area contributed by atoms with Crippen LogP contribution in [0.1, 0.15) is 5.56 Å². The maximum atomic E-state index is 12.5. The van der Waals surface area contributed by atoms with Gasteiger partial charge in [-0.1, -0.05) is 12.1 Å². The average molecular weight is 327 g/mol. The van der Waals surface area contributed by atoms with Gasteiger partial charge >= 0.3 is 6.03 Å². The lowest BCUT2D eigenvalue weighted by Crippen LogP contribution is -2.51. The second kappa shape index (κ2) is 7.21. The lowest BCUT2D eigenvalue weighted by molar-refractivity contribution is -0.364. The largest absolute Gasteiger partial charge is 0.495 e. The number of carbonyl (C=O) groups excluding carboxylic acids is 1. The van der Waals surface area contributed by atoms with E-state index in [9.17, 15) is 4.79 Å². The number of aromatic amines is 1. The molecule has 2 N–H and O–H groups in total. The number of amides is 2. The first kappa shape index (κ1) is 16.1. The van der Waals surface area contributed by atoms with Crippen molar-refractivity contribution in [2.75, 3.05) is 43.5 Å². The zero-order valence-corrected chi connectivity index (χ0v) is 14.1. The molecule has 1 aromatic heterocycles. The smallest absolute Gasteiger partial charge is 0.322 e. The number of hydrogen-bond donors (Lipinski definition) is 1. The number of carbonyl (C=O) groups is 1. The Morgan fingerprint density at radius 1 is 1.17 bits per heavy atom. The van der Waals surface area contributed by atoms with E-state index >= 15 is 0 Å². The van der Waals surface area contributed by atoms with Crippen LogP contribution in [0.5, 0.6) is 5.75 Å². The highest BCUT2D eigenvalue weighted by Crippen LogP contribution is 2.25. The minimum Gasteiger partial charge on any atom is -0.495 e. The van der Waals surface area contributed by atoms with E-state index in [0.717, 1.165) is 24.5 Å². The summed E-state index contributed by atoms with van der Waals surface area (Å²) in [5.74, 6) is 1.75. The van der Waals surface area contributed by atoms with Gasteiger partial charge in [0, 0.05) is 6.07 Å². The Labute approximate surface area is 142 Å². The molecule has 0 atom stereocenters. The van der Waals surface area contributed by atoms with Crippen molar-refractivity contribution >= 4 is 17.5 Å².